The van der Waals surface area contributed by atoms with E-state index in [-0.39, 0.29) is 18.9 Å². The number of carboxylic acid groups (broad SMARTS) is 1. The van der Waals surface area contributed by atoms with Gasteiger partial charge in [0.05, 0.1) is 22.6 Å². The van der Waals surface area contributed by atoms with Crippen LogP contribution in [-0.2, 0) is 16.0 Å². The zero-order chi connectivity index (χ0) is 17.3. The fraction of sp³-hybridized carbons (Fsp3) is 0.312. The summed E-state index contributed by atoms with van der Waals surface area (Å²) in [5.41, 5.74) is 0.624. The Morgan fingerprint density at radius 1 is 1.33 bits per heavy atom. The van der Waals surface area contributed by atoms with Crippen molar-refractivity contribution in [2.45, 2.75) is 19.3 Å². The highest BCUT2D eigenvalue weighted by atomic mass is 35.5. The monoisotopic (exact) mass is 384 g/mol. The minimum Gasteiger partial charge on any atom is -0.481 e. The van der Waals surface area contributed by atoms with Crippen LogP contribution in [0.25, 0.3) is 10.6 Å². The second-order valence-corrected chi connectivity index (χ2v) is 7.51. The Morgan fingerprint density at radius 3 is 2.71 bits per heavy atom. The van der Waals surface area contributed by atoms with Gasteiger partial charge < -0.3 is 10.4 Å². The van der Waals surface area contributed by atoms with Gasteiger partial charge in [-0.05, 0) is 31.0 Å². The number of nitrogens with zero attached hydrogens (tertiary/aromatic N) is 1. The van der Waals surface area contributed by atoms with E-state index in [1.807, 2.05) is 0 Å². The predicted molar refractivity (Wildman–Crippen MR) is 93.6 cm³/mol. The Hall–Kier alpha value is -1.63. The van der Waals surface area contributed by atoms with Crippen molar-refractivity contribution in [1.82, 2.24) is 10.3 Å². The van der Waals surface area contributed by atoms with E-state index in [4.69, 9.17) is 28.3 Å². The third-order valence-electron chi connectivity index (χ3n) is 3.99. The van der Waals surface area contributed by atoms with E-state index < -0.39 is 11.4 Å². The molecule has 2 N–H and O–H groups in total. The Bertz CT molecular complexity index is 802. The largest absolute Gasteiger partial charge is 0.481 e. The Labute approximate surface area is 152 Å². The average Bonchev–Trinajstić information content (AvgIpc) is 3.19. The summed E-state index contributed by atoms with van der Waals surface area (Å²) in [7, 11) is 0. The normalized spacial score (nSPS) is 15.1. The molecule has 1 aliphatic rings. The molecule has 0 radical (unpaired) electrons. The van der Waals surface area contributed by atoms with E-state index in [0.717, 1.165) is 5.56 Å². The van der Waals surface area contributed by atoms with Crippen LogP contribution in [0.4, 0.5) is 0 Å². The molecule has 1 saturated carbocycles. The number of hydrogen-bond donors (Lipinski definition) is 2. The summed E-state index contributed by atoms with van der Waals surface area (Å²) in [5.74, 6) is -1.09. The molecule has 1 aliphatic carbocycles. The fourth-order valence-electron chi connectivity index (χ4n) is 2.29. The third kappa shape index (κ3) is 3.71. The minimum absolute atomic E-state index is 0.109. The topological polar surface area (TPSA) is 79.3 Å². The standard InChI is InChI=1S/C16H14Cl2N2O3S/c17-9-1-2-11(12(18)5-9)14-20-10(7-24-14)6-13(21)19-8-16(3-4-16)15(22)23/h1-2,5,7H,3-4,6,8H2,(H,19,21)(H,22,23). The van der Waals surface area contributed by atoms with Gasteiger partial charge >= 0.3 is 5.97 Å². The molecule has 24 heavy (non-hydrogen) atoms. The molecular weight excluding hydrogens is 371 g/mol. The molecular formula is C16H14Cl2N2O3S. The van der Waals surface area contributed by atoms with Crippen LogP contribution in [0.15, 0.2) is 23.6 Å². The van der Waals surface area contributed by atoms with Crippen molar-refractivity contribution in [1.29, 1.82) is 0 Å². The van der Waals surface area contributed by atoms with Crippen molar-refractivity contribution >= 4 is 46.4 Å². The first-order chi connectivity index (χ1) is 11.4. The van der Waals surface area contributed by atoms with Crippen LogP contribution < -0.4 is 5.32 Å². The summed E-state index contributed by atoms with van der Waals surface area (Å²) in [6, 6.07) is 5.17. The van der Waals surface area contributed by atoms with E-state index in [9.17, 15) is 9.59 Å². The van der Waals surface area contributed by atoms with E-state index >= 15 is 0 Å². The number of aliphatic carboxylic acids is 1. The number of benzene rings is 1. The van der Waals surface area contributed by atoms with Crippen molar-refractivity contribution in [2.75, 3.05) is 6.54 Å². The smallest absolute Gasteiger partial charge is 0.311 e. The van der Waals surface area contributed by atoms with E-state index in [1.165, 1.54) is 11.3 Å². The molecule has 2 aromatic rings. The van der Waals surface area contributed by atoms with Gasteiger partial charge in [0.1, 0.15) is 5.01 Å². The Balaban J connectivity index is 1.61. The summed E-state index contributed by atoms with van der Waals surface area (Å²) in [5, 5.41) is 15.3. The highest BCUT2D eigenvalue weighted by molar-refractivity contribution is 7.13. The lowest BCUT2D eigenvalue weighted by molar-refractivity contribution is -0.143. The molecule has 0 bridgehead atoms. The van der Waals surface area contributed by atoms with Gasteiger partial charge in [0.2, 0.25) is 5.91 Å². The maximum atomic E-state index is 12.0. The number of carboxylic acids is 1. The predicted octanol–water partition coefficient (Wildman–Crippen LogP) is 3.64. The molecule has 0 spiro atoms. The third-order valence-corrected chi connectivity index (χ3v) is 5.46. The molecule has 1 aromatic carbocycles. The van der Waals surface area contributed by atoms with Gasteiger partial charge in [-0.25, -0.2) is 4.98 Å². The number of carbonyl (C=O) groups is 2. The highest BCUT2D eigenvalue weighted by Crippen LogP contribution is 2.45. The lowest BCUT2D eigenvalue weighted by Gasteiger charge is -2.10. The van der Waals surface area contributed by atoms with Crippen LogP contribution >= 0.6 is 34.5 Å². The van der Waals surface area contributed by atoms with Gasteiger partial charge in [-0.15, -0.1) is 11.3 Å². The summed E-state index contributed by atoms with van der Waals surface area (Å²) in [4.78, 5) is 27.5. The van der Waals surface area contributed by atoms with Crippen LogP contribution in [0.5, 0.6) is 0 Å². The van der Waals surface area contributed by atoms with Crippen LogP contribution in [0.3, 0.4) is 0 Å². The molecule has 0 atom stereocenters. The molecule has 5 nitrogen and oxygen atoms in total. The molecule has 8 heteroatoms. The van der Waals surface area contributed by atoms with Gasteiger partial charge in [0.25, 0.3) is 0 Å². The Morgan fingerprint density at radius 2 is 2.08 bits per heavy atom. The molecule has 0 unspecified atom stereocenters. The van der Waals surface area contributed by atoms with Gasteiger partial charge in [-0.1, -0.05) is 23.2 Å². The van der Waals surface area contributed by atoms with Gasteiger partial charge in [-0.2, -0.15) is 0 Å². The van der Waals surface area contributed by atoms with Crippen molar-refractivity contribution in [2.24, 2.45) is 5.41 Å². The first-order valence-electron chi connectivity index (χ1n) is 7.29. The number of aromatic nitrogens is 1. The highest BCUT2D eigenvalue weighted by Gasteiger charge is 2.50. The minimum atomic E-state index is -0.851. The molecule has 1 fully saturated rings. The van der Waals surface area contributed by atoms with Gasteiger partial charge in [0, 0.05) is 22.5 Å². The number of nitrogens with one attached hydrogen (secondary N) is 1. The number of carbonyl (C=O) groups excluding carboxylic acids is 1. The SMILES string of the molecule is O=C(Cc1csc(-c2ccc(Cl)cc2Cl)n1)NCC1(C(=O)O)CC1. The van der Waals surface area contributed by atoms with Crippen LogP contribution in [0.2, 0.25) is 10.0 Å². The summed E-state index contributed by atoms with van der Waals surface area (Å²) >= 11 is 13.4. The second-order valence-electron chi connectivity index (χ2n) is 5.81. The lowest BCUT2D eigenvalue weighted by atomic mass is 10.1. The summed E-state index contributed by atoms with van der Waals surface area (Å²) in [6.45, 7) is 0.168. The molecule has 1 heterocycles. The van der Waals surface area contributed by atoms with Crippen LogP contribution in [-0.4, -0.2) is 28.5 Å². The van der Waals surface area contributed by atoms with E-state index in [0.29, 0.717) is 33.6 Å². The molecule has 0 saturated heterocycles. The first kappa shape index (κ1) is 17.2. The number of halogens is 2. The lowest BCUT2D eigenvalue weighted by Crippen LogP contribution is -2.35. The van der Waals surface area contributed by atoms with Crippen molar-refractivity contribution in [3.05, 3.63) is 39.3 Å². The van der Waals surface area contributed by atoms with Crippen molar-refractivity contribution < 1.29 is 14.7 Å². The first-order valence-corrected chi connectivity index (χ1v) is 8.93. The van der Waals surface area contributed by atoms with Crippen molar-refractivity contribution in [3.8, 4) is 10.6 Å². The number of hydrogen-bond acceptors (Lipinski definition) is 4. The van der Waals surface area contributed by atoms with Crippen LogP contribution in [0.1, 0.15) is 18.5 Å². The number of rotatable bonds is 6. The van der Waals surface area contributed by atoms with E-state index in [1.54, 1.807) is 23.6 Å². The number of thiazole rings is 1. The maximum absolute atomic E-state index is 12.0. The summed E-state index contributed by atoms with van der Waals surface area (Å²) < 4.78 is 0. The zero-order valence-electron chi connectivity index (χ0n) is 12.5. The molecule has 1 aromatic heterocycles. The molecule has 3 rings (SSSR count). The average molecular weight is 385 g/mol. The van der Waals surface area contributed by atoms with Gasteiger partial charge in [0.15, 0.2) is 0 Å². The zero-order valence-corrected chi connectivity index (χ0v) is 14.8. The Kier molecular flexibility index (Phi) is 4.80. The number of amides is 1. The van der Waals surface area contributed by atoms with Gasteiger partial charge in [-0.3, -0.25) is 9.59 Å². The molecule has 1 amide bonds. The second kappa shape index (κ2) is 6.70. The molecule has 126 valence electrons. The molecule has 0 aliphatic heterocycles. The van der Waals surface area contributed by atoms with E-state index in [2.05, 4.69) is 10.3 Å². The van der Waals surface area contributed by atoms with Crippen molar-refractivity contribution in [3.63, 3.8) is 0 Å². The summed E-state index contributed by atoms with van der Waals surface area (Å²) in [6.07, 6.45) is 1.33. The van der Waals surface area contributed by atoms with Crippen LogP contribution in [0, 0.1) is 5.41 Å². The fourth-order valence-corrected chi connectivity index (χ4v) is 3.70. The quantitative estimate of drug-likeness (QED) is 0.796. The maximum Gasteiger partial charge on any atom is 0.311 e.